The molecular weight excluding hydrogens is 202 g/mol. The zero-order valence-electron chi connectivity index (χ0n) is 10.8. The van der Waals surface area contributed by atoms with E-state index in [1.807, 2.05) is 0 Å². The smallest absolute Gasteiger partial charge is 0.00386 e. The summed E-state index contributed by atoms with van der Waals surface area (Å²) in [5.74, 6) is 2.74. The number of unbranched alkanes of at least 4 members (excludes halogenated alkanes) is 3. The van der Waals surface area contributed by atoms with Crippen molar-refractivity contribution < 1.29 is 0 Å². The van der Waals surface area contributed by atoms with Gasteiger partial charge < -0.3 is 5.32 Å². The summed E-state index contributed by atoms with van der Waals surface area (Å²) >= 11 is 2.14. The van der Waals surface area contributed by atoms with Gasteiger partial charge >= 0.3 is 0 Å². The Kier molecular flexibility index (Phi) is 12.6. The van der Waals surface area contributed by atoms with Gasteiger partial charge in [0.15, 0.2) is 0 Å². The molecule has 1 unspecified atom stereocenters. The third-order valence-corrected chi connectivity index (χ3v) is 3.78. The molecule has 0 aromatic heterocycles. The lowest BCUT2D eigenvalue weighted by Gasteiger charge is -2.11. The quantitative estimate of drug-likeness (QED) is 0.538. The number of hydrogen-bond acceptors (Lipinski definition) is 2. The van der Waals surface area contributed by atoms with E-state index in [1.165, 1.54) is 50.0 Å². The Hall–Kier alpha value is 0.310. The highest BCUT2D eigenvalue weighted by Crippen LogP contribution is 2.10. The van der Waals surface area contributed by atoms with E-state index in [0.717, 1.165) is 6.54 Å². The number of rotatable bonds is 11. The fraction of sp³-hybridized carbons (Fsp3) is 1.00. The van der Waals surface area contributed by atoms with Crippen LogP contribution in [0.5, 0.6) is 0 Å². The Bertz CT molecular complexity index is 117. The molecule has 0 aliphatic rings. The van der Waals surface area contributed by atoms with Crippen LogP contribution in [0, 0.1) is 0 Å². The van der Waals surface area contributed by atoms with Crippen molar-refractivity contribution in [1.82, 2.24) is 5.32 Å². The molecule has 0 aliphatic carbocycles. The maximum atomic E-state index is 3.46. The Balaban J connectivity index is 2.98. The summed E-state index contributed by atoms with van der Waals surface area (Å²) in [6.07, 6.45) is 8.28. The van der Waals surface area contributed by atoms with Crippen LogP contribution in [0.3, 0.4) is 0 Å². The monoisotopic (exact) mass is 231 g/mol. The van der Waals surface area contributed by atoms with Gasteiger partial charge in [-0.15, -0.1) is 0 Å². The Morgan fingerprint density at radius 3 is 2.27 bits per heavy atom. The SMILES string of the molecule is CCCCCSCCCCC(C)NCC. The van der Waals surface area contributed by atoms with Gasteiger partial charge in [-0.05, 0) is 44.2 Å². The third kappa shape index (κ3) is 12.2. The minimum Gasteiger partial charge on any atom is -0.315 e. The minimum absolute atomic E-state index is 0.708. The van der Waals surface area contributed by atoms with E-state index in [-0.39, 0.29) is 0 Å². The molecule has 0 bridgehead atoms. The predicted molar refractivity (Wildman–Crippen MR) is 73.8 cm³/mol. The maximum absolute atomic E-state index is 3.46. The molecule has 0 aromatic rings. The van der Waals surface area contributed by atoms with E-state index in [4.69, 9.17) is 0 Å². The fourth-order valence-corrected chi connectivity index (χ4v) is 2.68. The number of nitrogens with one attached hydrogen (secondary N) is 1. The third-order valence-electron chi connectivity index (χ3n) is 2.62. The predicted octanol–water partition coefficient (Wildman–Crippen LogP) is 4.08. The summed E-state index contributed by atoms with van der Waals surface area (Å²) in [5, 5.41) is 3.46. The van der Waals surface area contributed by atoms with E-state index in [2.05, 4.69) is 37.8 Å². The van der Waals surface area contributed by atoms with Crippen molar-refractivity contribution in [2.45, 2.75) is 65.3 Å². The topological polar surface area (TPSA) is 12.0 Å². The van der Waals surface area contributed by atoms with E-state index in [1.54, 1.807) is 0 Å². The van der Waals surface area contributed by atoms with Gasteiger partial charge in [-0.25, -0.2) is 0 Å². The van der Waals surface area contributed by atoms with Crippen molar-refractivity contribution in [3.63, 3.8) is 0 Å². The first-order valence-electron chi connectivity index (χ1n) is 6.62. The van der Waals surface area contributed by atoms with Crippen LogP contribution >= 0.6 is 11.8 Å². The number of thioether (sulfide) groups is 1. The summed E-state index contributed by atoms with van der Waals surface area (Å²) in [4.78, 5) is 0. The Labute approximate surface area is 101 Å². The Morgan fingerprint density at radius 1 is 1.00 bits per heavy atom. The highest BCUT2D eigenvalue weighted by molar-refractivity contribution is 7.99. The summed E-state index contributed by atoms with van der Waals surface area (Å²) in [6.45, 7) is 7.84. The van der Waals surface area contributed by atoms with Gasteiger partial charge in [0.25, 0.3) is 0 Å². The molecule has 1 atom stereocenters. The van der Waals surface area contributed by atoms with Gasteiger partial charge in [-0.3, -0.25) is 0 Å². The maximum Gasteiger partial charge on any atom is 0.00386 e. The van der Waals surface area contributed by atoms with Crippen molar-refractivity contribution >= 4 is 11.8 Å². The first kappa shape index (κ1) is 15.3. The Morgan fingerprint density at radius 2 is 1.67 bits per heavy atom. The van der Waals surface area contributed by atoms with Gasteiger partial charge in [0, 0.05) is 6.04 Å². The molecule has 0 aromatic carbocycles. The molecule has 0 saturated carbocycles. The molecule has 0 amide bonds. The highest BCUT2D eigenvalue weighted by atomic mass is 32.2. The van der Waals surface area contributed by atoms with Crippen LogP contribution in [0.4, 0.5) is 0 Å². The van der Waals surface area contributed by atoms with E-state index in [0.29, 0.717) is 6.04 Å². The van der Waals surface area contributed by atoms with Crippen molar-refractivity contribution in [3.05, 3.63) is 0 Å². The molecule has 0 heterocycles. The first-order chi connectivity index (χ1) is 7.31. The molecule has 0 aliphatic heterocycles. The molecule has 0 rings (SSSR count). The van der Waals surface area contributed by atoms with Gasteiger partial charge in [0.05, 0.1) is 0 Å². The second kappa shape index (κ2) is 12.4. The molecule has 92 valence electrons. The van der Waals surface area contributed by atoms with Crippen LogP contribution in [0.15, 0.2) is 0 Å². The second-order valence-electron chi connectivity index (χ2n) is 4.27. The summed E-state index contributed by atoms with van der Waals surface area (Å²) in [7, 11) is 0. The van der Waals surface area contributed by atoms with Crippen LogP contribution in [0.25, 0.3) is 0 Å². The van der Waals surface area contributed by atoms with Crippen molar-refractivity contribution in [2.75, 3.05) is 18.1 Å². The van der Waals surface area contributed by atoms with Crippen molar-refractivity contribution in [1.29, 1.82) is 0 Å². The van der Waals surface area contributed by atoms with E-state index in [9.17, 15) is 0 Å². The molecule has 0 spiro atoms. The molecular formula is C13H29NS. The van der Waals surface area contributed by atoms with Crippen LogP contribution in [0.1, 0.15) is 59.3 Å². The first-order valence-corrected chi connectivity index (χ1v) is 7.77. The standard InChI is InChI=1S/C13H29NS/c1-4-6-8-11-15-12-9-7-10-13(3)14-5-2/h13-14H,4-12H2,1-3H3. The van der Waals surface area contributed by atoms with Crippen molar-refractivity contribution in [2.24, 2.45) is 0 Å². The van der Waals surface area contributed by atoms with Gasteiger partial charge in [0.1, 0.15) is 0 Å². The van der Waals surface area contributed by atoms with Crippen molar-refractivity contribution in [3.8, 4) is 0 Å². The molecule has 2 heteroatoms. The molecule has 15 heavy (non-hydrogen) atoms. The highest BCUT2D eigenvalue weighted by Gasteiger charge is 1.98. The summed E-state index contributed by atoms with van der Waals surface area (Å²) < 4.78 is 0. The normalized spacial score (nSPS) is 13.0. The molecule has 1 nitrogen and oxygen atoms in total. The van der Waals surface area contributed by atoms with Gasteiger partial charge in [-0.2, -0.15) is 11.8 Å². The van der Waals surface area contributed by atoms with Gasteiger partial charge in [-0.1, -0.05) is 33.1 Å². The van der Waals surface area contributed by atoms with Crippen LogP contribution < -0.4 is 5.32 Å². The summed E-state index contributed by atoms with van der Waals surface area (Å²) in [6, 6.07) is 0.708. The van der Waals surface area contributed by atoms with Crippen LogP contribution in [-0.4, -0.2) is 24.1 Å². The minimum atomic E-state index is 0.708. The fourth-order valence-electron chi connectivity index (χ4n) is 1.66. The van der Waals surface area contributed by atoms with Crippen LogP contribution in [0.2, 0.25) is 0 Å². The average molecular weight is 231 g/mol. The second-order valence-corrected chi connectivity index (χ2v) is 5.50. The zero-order chi connectivity index (χ0) is 11.4. The average Bonchev–Trinajstić information content (AvgIpc) is 2.22. The molecule has 0 saturated heterocycles. The van der Waals surface area contributed by atoms with Gasteiger partial charge in [0.2, 0.25) is 0 Å². The molecule has 0 radical (unpaired) electrons. The lowest BCUT2D eigenvalue weighted by atomic mass is 10.1. The lowest BCUT2D eigenvalue weighted by molar-refractivity contribution is 0.510. The molecule has 1 N–H and O–H groups in total. The largest absolute Gasteiger partial charge is 0.315 e. The number of hydrogen-bond donors (Lipinski definition) is 1. The van der Waals surface area contributed by atoms with E-state index >= 15 is 0 Å². The van der Waals surface area contributed by atoms with E-state index < -0.39 is 0 Å². The molecule has 0 fully saturated rings. The van der Waals surface area contributed by atoms with Crippen LogP contribution in [-0.2, 0) is 0 Å². The zero-order valence-corrected chi connectivity index (χ0v) is 11.7. The summed E-state index contributed by atoms with van der Waals surface area (Å²) in [5.41, 5.74) is 0. The lowest BCUT2D eigenvalue weighted by Crippen LogP contribution is -2.25.